The Morgan fingerprint density at radius 1 is 1.38 bits per heavy atom. The van der Waals surface area contributed by atoms with Crippen LogP contribution in [-0.2, 0) is 20.1 Å². The van der Waals surface area contributed by atoms with Crippen LogP contribution in [0.5, 0.6) is 0 Å². The Labute approximate surface area is 97.8 Å². The normalized spacial score (nSPS) is 9.31. The van der Waals surface area contributed by atoms with Crippen molar-refractivity contribution in [3.63, 3.8) is 0 Å². The van der Waals surface area contributed by atoms with E-state index in [1.54, 1.807) is 12.3 Å². The van der Waals surface area contributed by atoms with E-state index in [-0.39, 0.29) is 20.1 Å². The van der Waals surface area contributed by atoms with Crippen LogP contribution in [0.1, 0.15) is 0 Å². The molecule has 0 aromatic carbocycles. The summed E-state index contributed by atoms with van der Waals surface area (Å²) in [6.45, 7) is 0. The van der Waals surface area contributed by atoms with Crippen molar-refractivity contribution in [2.24, 2.45) is 0 Å². The molecule has 0 unspecified atom stereocenters. The summed E-state index contributed by atoms with van der Waals surface area (Å²) in [5.41, 5.74) is 0.795. The predicted molar refractivity (Wildman–Crippen MR) is 48.5 cm³/mol. The maximum absolute atomic E-state index is 5.27. The number of rotatable bonds is 1. The van der Waals surface area contributed by atoms with Gasteiger partial charge in [0.05, 0.1) is 4.67 Å². The van der Waals surface area contributed by atoms with Crippen LogP contribution in [0.2, 0.25) is 0 Å². The number of hydrogen-bond donors (Lipinski definition) is 0. The summed E-state index contributed by atoms with van der Waals surface area (Å²) in [4.78, 5) is 4.12. The van der Waals surface area contributed by atoms with Gasteiger partial charge in [-0.1, -0.05) is 28.1 Å². The van der Waals surface area contributed by atoms with Crippen molar-refractivity contribution in [1.29, 1.82) is 0 Å². The number of nitrogens with zero attached hydrogens (tertiary/aromatic N) is 1. The van der Waals surface area contributed by atoms with E-state index in [1.807, 2.05) is 18.2 Å². The van der Waals surface area contributed by atoms with Crippen molar-refractivity contribution in [3.8, 4) is 11.5 Å². The van der Waals surface area contributed by atoms with Crippen LogP contribution in [0.25, 0.3) is 11.5 Å². The summed E-state index contributed by atoms with van der Waals surface area (Å²) < 4.78 is 5.94. The quantitative estimate of drug-likeness (QED) is 0.670. The molecule has 0 N–H and O–H groups in total. The van der Waals surface area contributed by atoms with E-state index in [0.29, 0.717) is 10.4 Å². The molecule has 2 rings (SSSR count). The number of hydrogen-bond acceptors (Lipinski definition) is 2. The molecule has 0 amide bonds. The molecule has 0 aliphatic carbocycles. The molecule has 0 saturated heterocycles. The molecule has 0 bridgehead atoms. The monoisotopic (exact) mass is 415 g/mol. The minimum atomic E-state index is 0. The molecule has 2 aromatic heterocycles. The summed E-state index contributed by atoms with van der Waals surface area (Å²) in [6.07, 6.45) is 1.72. The van der Waals surface area contributed by atoms with Crippen molar-refractivity contribution >= 4 is 15.9 Å². The Morgan fingerprint density at radius 2 is 2.23 bits per heavy atom. The molecule has 0 fully saturated rings. The maximum atomic E-state index is 5.27. The zero-order valence-corrected chi connectivity index (χ0v) is 10.4. The first-order valence-corrected chi connectivity index (χ1v) is 4.24. The first kappa shape index (κ1) is 10.6. The average molecular weight is 415 g/mol. The summed E-state index contributed by atoms with van der Waals surface area (Å²) in [7, 11) is 0. The molecule has 0 aliphatic heterocycles. The number of halogens is 1. The summed E-state index contributed by atoms with van der Waals surface area (Å²) >= 11 is 3.20. The third-order valence-electron chi connectivity index (χ3n) is 1.41. The van der Waals surface area contributed by atoms with Gasteiger partial charge >= 0.3 is 0 Å². The zero-order chi connectivity index (χ0) is 8.39. The average Bonchev–Trinajstić information content (AvgIpc) is 2.54. The van der Waals surface area contributed by atoms with E-state index >= 15 is 0 Å². The molecule has 4 heteroatoms. The number of pyridine rings is 1. The van der Waals surface area contributed by atoms with Crippen molar-refractivity contribution in [3.05, 3.63) is 41.2 Å². The summed E-state index contributed by atoms with van der Waals surface area (Å²) in [6, 6.07) is 10.3. The SMILES string of the molecule is Brc1c[c-]c(-c2ccccn2)o1.[Ir]. The Bertz CT molecular complexity index is 374. The second-order valence-corrected chi connectivity index (χ2v) is 3.02. The van der Waals surface area contributed by atoms with Crippen molar-refractivity contribution in [2.45, 2.75) is 0 Å². The molecule has 2 heterocycles. The zero-order valence-electron chi connectivity index (χ0n) is 6.45. The molecule has 0 spiro atoms. The predicted octanol–water partition coefficient (Wildman–Crippen LogP) is 2.90. The molecule has 0 aliphatic rings. The third kappa shape index (κ3) is 2.50. The van der Waals surface area contributed by atoms with E-state index < -0.39 is 0 Å². The largest absolute Gasteiger partial charge is 0.531 e. The molecule has 13 heavy (non-hydrogen) atoms. The molecule has 0 saturated carbocycles. The Balaban J connectivity index is 0.000000845. The Hall–Kier alpha value is -0.441. The van der Waals surface area contributed by atoms with E-state index in [2.05, 4.69) is 27.0 Å². The first-order chi connectivity index (χ1) is 5.86. The molecule has 2 aromatic rings. The molecule has 69 valence electrons. The fourth-order valence-corrected chi connectivity index (χ4v) is 1.18. The van der Waals surface area contributed by atoms with Gasteiger partial charge in [0.15, 0.2) is 0 Å². The van der Waals surface area contributed by atoms with Crippen molar-refractivity contribution < 1.29 is 24.5 Å². The van der Waals surface area contributed by atoms with Gasteiger partial charge in [-0.15, -0.1) is 12.1 Å². The Morgan fingerprint density at radius 3 is 2.77 bits per heavy atom. The van der Waals surface area contributed by atoms with Gasteiger partial charge in [-0.25, -0.2) is 0 Å². The van der Waals surface area contributed by atoms with E-state index in [4.69, 9.17) is 4.42 Å². The van der Waals surface area contributed by atoms with Crippen LogP contribution in [0.4, 0.5) is 0 Å². The number of aromatic nitrogens is 1. The van der Waals surface area contributed by atoms with Gasteiger partial charge in [0, 0.05) is 37.8 Å². The van der Waals surface area contributed by atoms with Gasteiger partial charge in [0.1, 0.15) is 0 Å². The second-order valence-electron chi connectivity index (χ2n) is 2.24. The van der Waals surface area contributed by atoms with Gasteiger partial charge < -0.3 is 9.40 Å². The maximum Gasteiger partial charge on any atom is 0.0659 e. The minimum absolute atomic E-state index is 0. The topological polar surface area (TPSA) is 26.0 Å². The van der Waals surface area contributed by atoms with Crippen LogP contribution in [0, 0.1) is 6.07 Å². The van der Waals surface area contributed by atoms with E-state index in [1.165, 1.54) is 0 Å². The molecule has 1 radical (unpaired) electrons. The van der Waals surface area contributed by atoms with Crippen LogP contribution >= 0.6 is 15.9 Å². The number of furan rings is 1. The molecule has 0 atom stereocenters. The van der Waals surface area contributed by atoms with Crippen LogP contribution < -0.4 is 0 Å². The molecular formula is C9H5BrIrNO-. The van der Waals surface area contributed by atoms with Gasteiger partial charge in [0.2, 0.25) is 0 Å². The summed E-state index contributed by atoms with van der Waals surface area (Å²) in [5.74, 6) is 0.655. The first-order valence-electron chi connectivity index (χ1n) is 3.45. The van der Waals surface area contributed by atoms with Gasteiger partial charge in [0.25, 0.3) is 0 Å². The van der Waals surface area contributed by atoms with Gasteiger partial charge in [-0.05, 0) is 6.07 Å². The van der Waals surface area contributed by atoms with E-state index in [9.17, 15) is 0 Å². The van der Waals surface area contributed by atoms with Crippen molar-refractivity contribution in [1.82, 2.24) is 4.98 Å². The van der Waals surface area contributed by atoms with Gasteiger partial charge in [-0.3, -0.25) is 0 Å². The smallest absolute Gasteiger partial charge is 0.0659 e. The molecular weight excluding hydrogens is 410 g/mol. The van der Waals surface area contributed by atoms with Crippen LogP contribution in [-0.4, -0.2) is 4.98 Å². The Kier molecular flexibility index (Phi) is 3.85. The standard InChI is InChI=1S/C9H5BrNO.Ir/c10-9-5-4-8(12-9)7-3-1-2-6-11-7;/h1-3,5-6H;/q-1;. The van der Waals surface area contributed by atoms with E-state index in [0.717, 1.165) is 5.69 Å². The van der Waals surface area contributed by atoms with Gasteiger partial charge in [-0.2, -0.15) is 0 Å². The van der Waals surface area contributed by atoms with Crippen LogP contribution in [0.3, 0.4) is 0 Å². The fraction of sp³-hybridized carbons (Fsp3) is 0. The summed E-state index contributed by atoms with van der Waals surface area (Å²) in [5, 5.41) is 0. The third-order valence-corrected chi connectivity index (χ3v) is 1.80. The second kappa shape index (κ2) is 4.70. The minimum Gasteiger partial charge on any atom is -0.531 e. The molecule has 2 nitrogen and oxygen atoms in total. The fourth-order valence-electron chi connectivity index (χ4n) is 0.902. The van der Waals surface area contributed by atoms with Crippen LogP contribution in [0.15, 0.2) is 39.5 Å². The van der Waals surface area contributed by atoms with Crippen molar-refractivity contribution in [2.75, 3.05) is 0 Å².